The number of β-amino-alcohol motifs (C(OH)–C–C–N with tert-alkyl or cyclic N) is 1. The molecule has 1 aromatic heterocycles. The molecule has 1 atom stereocenters. The lowest BCUT2D eigenvalue weighted by molar-refractivity contribution is 0.0446. The molecule has 2 aliphatic rings. The molecule has 168 valence electrons. The van der Waals surface area contributed by atoms with Crippen molar-refractivity contribution in [3.63, 3.8) is 0 Å². The van der Waals surface area contributed by atoms with E-state index in [2.05, 4.69) is 34.1 Å². The molecule has 6 nitrogen and oxygen atoms in total. The Labute approximate surface area is 188 Å². The Morgan fingerprint density at radius 3 is 2.53 bits per heavy atom. The molecule has 0 spiro atoms. The van der Waals surface area contributed by atoms with Crippen LogP contribution in [0.2, 0.25) is 0 Å². The molecule has 0 saturated carbocycles. The number of benzene rings is 2. The molecule has 1 unspecified atom stereocenters. The summed E-state index contributed by atoms with van der Waals surface area (Å²) in [5.41, 5.74) is 3.62. The van der Waals surface area contributed by atoms with Crippen molar-refractivity contribution in [2.24, 2.45) is 0 Å². The minimum absolute atomic E-state index is 0.213. The highest BCUT2D eigenvalue weighted by atomic mass is 16.5. The van der Waals surface area contributed by atoms with Gasteiger partial charge in [0.05, 0.1) is 0 Å². The smallest absolute Gasteiger partial charge is 0.339 e. The second kappa shape index (κ2) is 9.45. The largest absolute Gasteiger partial charge is 0.491 e. The molecule has 0 amide bonds. The molecular weight excluding hydrogens is 404 g/mol. The zero-order valence-electron chi connectivity index (χ0n) is 18.3. The molecule has 6 heteroatoms. The van der Waals surface area contributed by atoms with Gasteiger partial charge < -0.3 is 14.3 Å². The summed E-state index contributed by atoms with van der Waals surface area (Å²) < 4.78 is 11.3. The predicted molar refractivity (Wildman–Crippen MR) is 124 cm³/mol. The van der Waals surface area contributed by atoms with Crippen molar-refractivity contribution in [2.45, 2.75) is 31.9 Å². The number of hydrogen-bond donors (Lipinski definition) is 1. The third kappa shape index (κ3) is 4.72. The van der Waals surface area contributed by atoms with Gasteiger partial charge in [0.25, 0.3) is 0 Å². The summed E-state index contributed by atoms with van der Waals surface area (Å²) in [6.07, 6.45) is 2.16. The summed E-state index contributed by atoms with van der Waals surface area (Å²) in [7, 11) is 0. The van der Waals surface area contributed by atoms with E-state index in [1.807, 2.05) is 18.2 Å². The van der Waals surface area contributed by atoms with E-state index in [-0.39, 0.29) is 12.2 Å². The summed E-state index contributed by atoms with van der Waals surface area (Å²) in [4.78, 5) is 16.9. The van der Waals surface area contributed by atoms with Crippen LogP contribution in [0.25, 0.3) is 11.0 Å². The van der Waals surface area contributed by atoms with Crippen LogP contribution in [0.4, 0.5) is 0 Å². The van der Waals surface area contributed by atoms with E-state index >= 15 is 0 Å². The normalized spacial score (nSPS) is 18.0. The lowest BCUT2D eigenvalue weighted by Gasteiger charge is -2.35. The third-order valence-electron chi connectivity index (χ3n) is 6.57. The standard InChI is InChI=1S/C26H30N2O4/c29-20(17-28-13-11-27(12-14-28)16-19-5-2-1-3-6-19)18-31-21-9-10-23-22-7-4-8-24(22)26(30)32-25(23)15-21/h1-3,5-6,9-10,15,20,29H,4,7-8,11-14,16-18H2. The summed E-state index contributed by atoms with van der Waals surface area (Å²) in [6.45, 7) is 5.65. The van der Waals surface area contributed by atoms with E-state index in [0.717, 1.165) is 68.5 Å². The predicted octanol–water partition coefficient (Wildman–Crippen LogP) is 2.84. The van der Waals surface area contributed by atoms with E-state index in [1.165, 1.54) is 5.56 Å². The molecule has 2 heterocycles. The third-order valence-corrected chi connectivity index (χ3v) is 6.57. The minimum atomic E-state index is -0.571. The number of aryl methyl sites for hydroxylation is 1. The summed E-state index contributed by atoms with van der Waals surface area (Å²) in [5.74, 6) is 0.616. The lowest BCUT2D eigenvalue weighted by atomic mass is 10.1. The first-order chi connectivity index (χ1) is 15.7. The quantitative estimate of drug-likeness (QED) is 0.577. The maximum absolute atomic E-state index is 12.2. The molecule has 1 aliphatic heterocycles. The van der Waals surface area contributed by atoms with E-state index in [0.29, 0.717) is 17.9 Å². The van der Waals surface area contributed by atoms with Crippen LogP contribution in [0.3, 0.4) is 0 Å². The maximum atomic E-state index is 12.2. The molecule has 2 aromatic carbocycles. The van der Waals surface area contributed by atoms with Gasteiger partial charge in [-0.25, -0.2) is 4.79 Å². The number of aliphatic hydroxyl groups excluding tert-OH is 1. The van der Waals surface area contributed by atoms with E-state index in [9.17, 15) is 9.90 Å². The highest BCUT2D eigenvalue weighted by Gasteiger charge is 2.21. The fourth-order valence-electron chi connectivity index (χ4n) is 4.87. The number of piperazine rings is 1. The fourth-order valence-corrected chi connectivity index (χ4v) is 4.87. The van der Waals surface area contributed by atoms with Crippen LogP contribution < -0.4 is 10.4 Å². The van der Waals surface area contributed by atoms with Gasteiger partial charge in [-0.2, -0.15) is 0 Å². The van der Waals surface area contributed by atoms with Gasteiger partial charge in [0.2, 0.25) is 0 Å². The van der Waals surface area contributed by atoms with Crippen molar-refractivity contribution in [3.05, 3.63) is 75.6 Å². The van der Waals surface area contributed by atoms with Crippen LogP contribution in [-0.2, 0) is 19.4 Å². The number of rotatable bonds is 7. The first-order valence-electron chi connectivity index (χ1n) is 11.5. The number of fused-ring (bicyclic) bond motifs is 3. The Bertz CT molecular complexity index is 1120. The average Bonchev–Trinajstić information content (AvgIpc) is 3.31. The highest BCUT2D eigenvalue weighted by molar-refractivity contribution is 5.83. The van der Waals surface area contributed by atoms with Crippen LogP contribution in [0.1, 0.15) is 23.1 Å². The van der Waals surface area contributed by atoms with Gasteiger partial charge >= 0.3 is 5.63 Å². The van der Waals surface area contributed by atoms with Gasteiger partial charge in [-0.15, -0.1) is 0 Å². The lowest BCUT2D eigenvalue weighted by Crippen LogP contribution is -2.48. The molecule has 3 aromatic rings. The first-order valence-corrected chi connectivity index (χ1v) is 11.5. The zero-order valence-corrected chi connectivity index (χ0v) is 18.3. The first kappa shape index (κ1) is 21.2. The monoisotopic (exact) mass is 434 g/mol. The Kier molecular flexibility index (Phi) is 6.26. The van der Waals surface area contributed by atoms with Gasteiger partial charge in [-0.3, -0.25) is 9.80 Å². The van der Waals surface area contributed by atoms with Crippen molar-refractivity contribution in [3.8, 4) is 5.75 Å². The topological polar surface area (TPSA) is 66.2 Å². The molecule has 1 fully saturated rings. The Hall–Kier alpha value is -2.67. The molecule has 1 saturated heterocycles. The second-order valence-electron chi connectivity index (χ2n) is 8.89. The number of hydrogen-bond acceptors (Lipinski definition) is 6. The Morgan fingerprint density at radius 1 is 0.969 bits per heavy atom. The molecule has 5 rings (SSSR count). The van der Waals surface area contributed by atoms with E-state index in [4.69, 9.17) is 9.15 Å². The highest BCUT2D eigenvalue weighted by Crippen LogP contribution is 2.29. The fraction of sp³-hybridized carbons (Fsp3) is 0.423. The average molecular weight is 435 g/mol. The second-order valence-corrected chi connectivity index (χ2v) is 8.89. The van der Waals surface area contributed by atoms with Gasteiger partial charge in [-0.1, -0.05) is 30.3 Å². The Morgan fingerprint density at radius 2 is 1.72 bits per heavy atom. The van der Waals surface area contributed by atoms with Crippen molar-refractivity contribution < 1.29 is 14.3 Å². The molecule has 32 heavy (non-hydrogen) atoms. The molecule has 0 radical (unpaired) electrons. The van der Waals surface area contributed by atoms with Crippen LogP contribution in [0, 0.1) is 0 Å². The van der Waals surface area contributed by atoms with Crippen LogP contribution in [-0.4, -0.2) is 60.3 Å². The van der Waals surface area contributed by atoms with Crippen LogP contribution >= 0.6 is 0 Å². The Balaban J connectivity index is 1.11. The summed E-state index contributed by atoms with van der Waals surface area (Å²) >= 11 is 0. The minimum Gasteiger partial charge on any atom is -0.491 e. The van der Waals surface area contributed by atoms with Gasteiger partial charge in [-0.05, 0) is 42.5 Å². The maximum Gasteiger partial charge on any atom is 0.339 e. The van der Waals surface area contributed by atoms with E-state index in [1.54, 1.807) is 6.07 Å². The van der Waals surface area contributed by atoms with Gasteiger partial charge in [0, 0.05) is 56.3 Å². The molecule has 1 aliphatic carbocycles. The number of aliphatic hydroxyl groups is 1. The SMILES string of the molecule is O=c1oc2cc(OCC(O)CN3CCN(Cc4ccccc4)CC3)ccc2c2c1CCC2. The van der Waals surface area contributed by atoms with Crippen molar-refractivity contribution >= 4 is 11.0 Å². The zero-order chi connectivity index (χ0) is 21.9. The number of nitrogens with zero attached hydrogens (tertiary/aromatic N) is 2. The van der Waals surface area contributed by atoms with Crippen LogP contribution in [0.15, 0.2) is 57.7 Å². The summed E-state index contributed by atoms with van der Waals surface area (Å²) in [6, 6.07) is 16.2. The van der Waals surface area contributed by atoms with E-state index < -0.39 is 6.10 Å². The molecular formula is C26H30N2O4. The van der Waals surface area contributed by atoms with Gasteiger partial charge in [0.1, 0.15) is 24.0 Å². The number of ether oxygens (including phenoxy) is 1. The molecule has 0 bridgehead atoms. The van der Waals surface area contributed by atoms with Gasteiger partial charge in [0.15, 0.2) is 0 Å². The van der Waals surface area contributed by atoms with Crippen molar-refractivity contribution in [2.75, 3.05) is 39.3 Å². The summed E-state index contributed by atoms with van der Waals surface area (Å²) in [5, 5.41) is 11.5. The van der Waals surface area contributed by atoms with Crippen molar-refractivity contribution in [1.82, 2.24) is 9.80 Å². The van der Waals surface area contributed by atoms with Crippen LogP contribution in [0.5, 0.6) is 5.75 Å². The van der Waals surface area contributed by atoms with Crippen molar-refractivity contribution in [1.29, 1.82) is 0 Å². The molecule has 1 N–H and O–H groups in total.